The number of β-lactam (4-membered cyclic amide) rings is 1. The zero-order chi connectivity index (χ0) is 20.1. The van der Waals surface area contributed by atoms with Crippen LogP contribution < -0.4 is 10.6 Å². The molecule has 0 aromatic heterocycles. The lowest BCUT2D eigenvalue weighted by molar-refractivity contribution is -0.150. The fraction of sp³-hybridized carbons (Fsp3) is 0.474. The summed E-state index contributed by atoms with van der Waals surface area (Å²) in [6.45, 7) is 4.70. The molecule has 1 heterocycles. The average molecular weight is 375 g/mol. The van der Waals surface area contributed by atoms with Crippen LogP contribution in [-0.2, 0) is 19.2 Å². The highest BCUT2D eigenvalue weighted by Crippen LogP contribution is 2.33. The Balaban J connectivity index is 1.98. The molecule has 0 radical (unpaired) electrons. The first kappa shape index (κ1) is 20.4. The maximum atomic E-state index is 12.4. The molecule has 0 saturated carbocycles. The molecule has 3 atom stereocenters. The molecule has 2 rings (SSSR count). The fourth-order valence-electron chi connectivity index (χ4n) is 2.90. The number of aliphatic carboxylic acids is 1. The van der Waals surface area contributed by atoms with Crippen LogP contribution in [0.25, 0.3) is 0 Å². The Morgan fingerprint density at radius 3 is 2.30 bits per heavy atom. The molecule has 1 aliphatic rings. The van der Waals surface area contributed by atoms with E-state index >= 15 is 0 Å². The molecule has 146 valence electrons. The largest absolute Gasteiger partial charge is 0.480 e. The van der Waals surface area contributed by atoms with Crippen molar-refractivity contribution in [3.05, 3.63) is 35.9 Å². The molecule has 1 unspecified atom stereocenters. The second-order valence-corrected chi connectivity index (χ2v) is 7.01. The van der Waals surface area contributed by atoms with Gasteiger partial charge in [0, 0.05) is 0 Å². The number of nitrogens with one attached hydrogen (secondary N) is 2. The van der Waals surface area contributed by atoms with E-state index < -0.39 is 29.9 Å². The first-order valence-corrected chi connectivity index (χ1v) is 8.87. The van der Waals surface area contributed by atoms with Gasteiger partial charge in [0.15, 0.2) is 0 Å². The summed E-state index contributed by atoms with van der Waals surface area (Å²) in [5, 5.41) is 13.9. The molecule has 3 N–H and O–H groups in total. The Labute approximate surface area is 157 Å². The quantitative estimate of drug-likeness (QED) is 0.578. The first-order valence-electron chi connectivity index (χ1n) is 8.87. The predicted molar refractivity (Wildman–Crippen MR) is 97.5 cm³/mol. The topological polar surface area (TPSA) is 116 Å². The van der Waals surface area contributed by atoms with E-state index in [4.69, 9.17) is 5.11 Å². The Hall–Kier alpha value is -2.90. The van der Waals surface area contributed by atoms with Gasteiger partial charge >= 0.3 is 5.97 Å². The molecule has 0 bridgehead atoms. The number of hydrogen-bond acceptors (Lipinski definition) is 4. The van der Waals surface area contributed by atoms with E-state index in [0.29, 0.717) is 6.42 Å². The van der Waals surface area contributed by atoms with Crippen molar-refractivity contribution in [3.8, 4) is 0 Å². The summed E-state index contributed by atoms with van der Waals surface area (Å²) in [5.41, 5.74) is 0.957. The average Bonchev–Trinajstić information content (AvgIpc) is 2.62. The Morgan fingerprint density at radius 2 is 1.78 bits per heavy atom. The van der Waals surface area contributed by atoms with Gasteiger partial charge in [0.05, 0.1) is 12.5 Å². The lowest BCUT2D eigenvalue weighted by Gasteiger charge is -2.40. The van der Waals surface area contributed by atoms with Gasteiger partial charge in [-0.1, -0.05) is 44.2 Å². The van der Waals surface area contributed by atoms with Gasteiger partial charge in [0.25, 0.3) is 0 Å². The van der Waals surface area contributed by atoms with Gasteiger partial charge in [-0.25, -0.2) is 0 Å². The molecular weight excluding hydrogens is 350 g/mol. The van der Waals surface area contributed by atoms with E-state index in [-0.39, 0.29) is 24.4 Å². The van der Waals surface area contributed by atoms with Gasteiger partial charge in [-0.05, 0) is 18.4 Å². The third-order valence-corrected chi connectivity index (χ3v) is 4.56. The predicted octanol–water partition coefficient (Wildman–Crippen LogP) is 0.690. The summed E-state index contributed by atoms with van der Waals surface area (Å²) in [5.74, 6) is -2.55. The standard InChI is InChI=1S/C19H25N3O5/c1-11(2)17(18(25)20-12(3)19(26)27)21-15(23)10-22-14(9-16(22)24)13-7-5-4-6-8-13/h4-8,11-12,14,17H,9-10H2,1-3H3,(H,20,25)(H,21,23)(H,26,27)/t12-,14?,17-/m0/s1. The Kier molecular flexibility index (Phi) is 6.55. The van der Waals surface area contributed by atoms with Crippen LogP contribution >= 0.6 is 0 Å². The number of carboxylic acid groups (broad SMARTS) is 1. The van der Waals surface area contributed by atoms with Crippen molar-refractivity contribution in [1.82, 2.24) is 15.5 Å². The van der Waals surface area contributed by atoms with E-state index in [9.17, 15) is 19.2 Å². The first-order chi connectivity index (χ1) is 12.7. The van der Waals surface area contributed by atoms with Crippen LogP contribution in [0.15, 0.2) is 30.3 Å². The van der Waals surface area contributed by atoms with Crippen LogP contribution in [0.5, 0.6) is 0 Å². The van der Waals surface area contributed by atoms with Crippen molar-refractivity contribution in [2.45, 2.75) is 45.3 Å². The summed E-state index contributed by atoms with van der Waals surface area (Å²) in [6, 6.07) is 7.34. The van der Waals surface area contributed by atoms with Crippen LogP contribution in [0.3, 0.4) is 0 Å². The van der Waals surface area contributed by atoms with Crippen molar-refractivity contribution in [2.24, 2.45) is 5.92 Å². The minimum absolute atomic E-state index is 0.121. The fourth-order valence-corrected chi connectivity index (χ4v) is 2.90. The molecule has 3 amide bonds. The third kappa shape index (κ3) is 5.06. The second-order valence-electron chi connectivity index (χ2n) is 7.01. The number of carbonyl (C=O) groups excluding carboxylic acids is 3. The van der Waals surface area contributed by atoms with E-state index in [1.165, 1.54) is 11.8 Å². The summed E-state index contributed by atoms with van der Waals surface area (Å²) in [6.07, 6.45) is 0.349. The molecule has 1 aromatic carbocycles. The summed E-state index contributed by atoms with van der Waals surface area (Å²) in [4.78, 5) is 49.0. The molecule has 1 fully saturated rings. The van der Waals surface area contributed by atoms with Gasteiger partial charge in [0.1, 0.15) is 18.6 Å². The van der Waals surface area contributed by atoms with Crippen molar-refractivity contribution < 1.29 is 24.3 Å². The second kappa shape index (κ2) is 8.66. The van der Waals surface area contributed by atoms with E-state index in [2.05, 4.69) is 10.6 Å². The highest BCUT2D eigenvalue weighted by Gasteiger charge is 2.38. The number of likely N-dealkylation sites (tertiary alicyclic amines) is 1. The molecular formula is C19H25N3O5. The lowest BCUT2D eigenvalue weighted by Crippen LogP contribution is -2.56. The van der Waals surface area contributed by atoms with Gasteiger partial charge in [-0.15, -0.1) is 0 Å². The van der Waals surface area contributed by atoms with Crippen LogP contribution in [0.4, 0.5) is 0 Å². The minimum atomic E-state index is -1.16. The van der Waals surface area contributed by atoms with Crippen molar-refractivity contribution in [1.29, 1.82) is 0 Å². The van der Waals surface area contributed by atoms with Crippen molar-refractivity contribution >= 4 is 23.7 Å². The molecule has 0 aliphatic carbocycles. The lowest BCUT2D eigenvalue weighted by atomic mass is 9.94. The monoisotopic (exact) mass is 375 g/mol. The van der Waals surface area contributed by atoms with Gasteiger partial charge in [-0.3, -0.25) is 19.2 Å². The maximum absolute atomic E-state index is 12.4. The van der Waals surface area contributed by atoms with E-state index in [0.717, 1.165) is 5.56 Å². The summed E-state index contributed by atoms with van der Waals surface area (Å²) < 4.78 is 0. The van der Waals surface area contributed by atoms with Gasteiger partial charge < -0.3 is 20.6 Å². The van der Waals surface area contributed by atoms with Crippen LogP contribution in [0, 0.1) is 5.92 Å². The smallest absolute Gasteiger partial charge is 0.325 e. The zero-order valence-corrected chi connectivity index (χ0v) is 15.6. The SMILES string of the molecule is CC(C)[C@H](NC(=O)CN1C(=O)CC1c1ccccc1)C(=O)N[C@@H](C)C(=O)O. The molecule has 1 aromatic rings. The van der Waals surface area contributed by atoms with Gasteiger partial charge in [0.2, 0.25) is 17.7 Å². The molecule has 0 spiro atoms. The number of carbonyl (C=O) groups is 4. The van der Waals surface area contributed by atoms with Crippen LogP contribution in [-0.4, -0.2) is 52.3 Å². The van der Waals surface area contributed by atoms with Crippen LogP contribution in [0.2, 0.25) is 0 Å². The number of amides is 3. The molecule has 1 aliphatic heterocycles. The van der Waals surface area contributed by atoms with E-state index in [1.807, 2.05) is 30.3 Å². The zero-order valence-electron chi connectivity index (χ0n) is 15.6. The molecule has 8 nitrogen and oxygen atoms in total. The Morgan fingerprint density at radius 1 is 1.15 bits per heavy atom. The summed E-state index contributed by atoms with van der Waals surface area (Å²) in [7, 11) is 0. The Bertz CT molecular complexity index is 719. The third-order valence-electron chi connectivity index (χ3n) is 4.56. The van der Waals surface area contributed by atoms with E-state index in [1.54, 1.807) is 13.8 Å². The molecule has 27 heavy (non-hydrogen) atoms. The maximum Gasteiger partial charge on any atom is 0.325 e. The minimum Gasteiger partial charge on any atom is -0.480 e. The molecule has 8 heteroatoms. The van der Waals surface area contributed by atoms with Crippen LogP contribution in [0.1, 0.15) is 38.8 Å². The number of nitrogens with zero attached hydrogens (tertiary/aromatic N) is 1. The number of rotatable bonds is 8. The van der Waals surface area contributed by atoms with Crippen molar-refractivity contribution in [3.63, 3.8) is 0 Å². The number of benzene rings is 1. The highest BCUT2D eigenvalue weighted by molar-refractivity contribution is 5.93. The normalized spacial score (nSPS) is 18.4. The summed E-state index contributed by atoms with van der Waals surface area (Å²) >= 11 is 0. The van der Waals surface area contributed by atoms with Crippen molar-refractivity contribution in [2.75, 3.05) is 6.54 Å². The number of hydrogen-bond donors (Lipinski definition) is 3. The highest BCUT2D eigenvalue weighted by atomic mass is 16.4. The van der Waals surface area contributed by atoms with Gasteiger partial charge in [-0.2, -0.15) is 0 Å². The molecule has 1 saturated heterocycles. The number of carboxylic acids is 1.